The standard InChI is InChI=1S/C44H30N2S/c1-3-16-34(17-4-1)46(35-18-5-2-6-19-35)36-20-9-15-32(28-36)33-25-26-40-39(29-33)38-22-10-13-31-14-11-23-42(43(31)38)47-44-37-21-8-7-12-30(37)24-27-41(44)45-40/h1-29,45H. The van der Waals surface area contributed by atoms with Crippen LogP contribution in [0.25, 0.3) is 43.8 Å². The van der Waals surface area contributed by atoms with Gasteiger partial charge in [0.05, 0.1) is 5.69 Å². The molecule has 1 heterocycles. The van der Waals surface area contributed by atoms with Gasteiger partial charge < -0.3 is 10.2 Å². The number of fused-ring (bicyclic) bond motifs is 5. The minimum Gasteiger partial charge on any atom is -0.354 e. The summed E-state index contributed by atoms with van der Waals surface area (Å²) < 4.78 is 0. The Labute approximate surface area is 279 Å². The van der Waals surface area contributed by atoms with Crippen LogP contribution in [0, 0.1) is 0 Å². The van der Waals surface area contributed by atoms with Gasteiger partial charge >= 0.3 is 0 Å². The number of anilines is 5. The van der Waals surface area contributed by atoms with Crippen molar-refractivity contribution in [3.8, 4) is 22.3 Å². The van der Waals surface area contributed by atoms with E-state index in [1.807, 2.05) is 11.8 Å². The number of nitrogens with zero attached hydrogens (tertiary/aromatic N) is 1. The van der Waals surface area contributed by atoms with Crippen LogP contribution in [-0.2, 0) is 0 Å². The summed E-state index contributed by atoms with van der Waals surface area (Å²) in [6.07, 6.45) is 0. The van der Waals surface area contributed by atoms with E-state index >= 15 is 0 Å². The Hall–Kier alpha value is -5.77. The summed E-state index contributed by atoms with van der Waals surface area (Å²) in [5, 5.41) is 8.91. The van der Waals surface area contributed by atoms with Gasteiger partial charge in [0.15, 0.2) is 0 Å². The second-order valence-corrected chi connectivity index (χ2v) is 12.9. The van der Waals surface area contributed by atoms with Gasteiger partial charge in [-0.1, -0.05) is 127 Å². The van der Waals surface area contributed by atoms with Crippen molar-refractivity contribution in [1.29, 1.82) is 0 Å². The highest BCUT2D eigenvalue weighted by Crippen LogP contribution is 2.49. The molecule has 222 valence electrons. The van der Waals surface area contributed by atoms with Crippen molar-refractivity contribution < 1.29 is 0 Å². The molecular weight excluding hydrogens is 589 g/mol. The molecule has 0 aliphatic carbocycles. The number of benzene rings is 8. The first-order valence-electron chi connectivity index (χ1n) is 15.9. The maximum absolute atomic E-state index is 3.88. The van der Waals surface area contributed by atoms with Crippen LogP contribution in [0.5, 0.6) is 0 Å². The van der Waals surface area contributed by atoms with Crippen LogP contribution in [-0.4, -0.2) is 0 Å². The predicted octanol–water partition coefficient (Wildman–Crippen LogP) is 13.0. The molecule has 8 aromatic rings. The second-order valence-electron chi connectivity index (χ2n) is 11.9. The Morgan fingerprint density at radius 2 is 1.06 bits per heavy atom. The Morgan fingerprint density at radius 1 is 0.426 bits per heavy atom. The molecular formula is C44H30N2S. The van der Waals surface area contributed by atoms with E-state index in [4.69, 9.17) is 0 Å². The average Bonchev–Trinajstić information content (AvgIpc) is 3.19. The zero-order chi connectivity index (χ0) is 31.2. The second kappa shape index (κ2) is 11.5. The first kappa shape index (κ1) is 27.5. The van der Waals surface area contributed by atoms with Crippen molar-refractivity contribution in [2.75, 3.05) is 10.2 Å². The lowest BCUT2D eigenvalue weighted by Gasteiger charge is -2.26. The van der Waals surface area contributed by atoms with E-state index in [0.717, 1.165) is 28.4 Å². The molecule has 0 bridgehead atoms. The molecule has 1 N–H and O–H groups in total. The van der Waals surface area contributed by atoms with Crippen LogP contribution in [0.4, 0.5) is 28.4 Å². The maximum Gasteiger partial charge on any atom is 0.0532 e. The predicted molar refractivity (Wildman–Crippen MR) is 201 cm³/mol. The molecule has 3 heteroatoms. The van der Waals surface area contributed by atoms with Gasteiger partial charge in [0.1, 0.15) is 0 Å². The molecule has 1 aliphatic heterocycles. The van der Waals surface area contributed by atoms with Crippen LogP contribution < -0.4 is 10.2 Å². The minimum atomic E-state index is 1.10. The lowest BCUT2D eigenvalue weighted by atomic mass is 9.93. The molecule has 0 saturated carbocycles. The molecule has 0 amide bonds. The van der Waals surface area contributed by atoms with Crippen molar-refractivity contribution in [3.63, 3.8) is 0 Å². The van der Waals surface area contributed by atoms with Gasteiger partial charge in [-0.2, -0.15) is 0 Å². The van der Waals surface area contributed by atoms with Crippen molar-refractivity contribution >= 4 is 61.7 Å². The fourth-order valence-corrected chi connectivity index (χ4v) is 8.03. The van der Waals surface area contributed by atoms with E-state index in [2.05, 4.69) is 186 Å². The summed E-state index contributed by atoms with van der Waals surface area (Å²) in [5.74, 6) is 0. The average molecular weight is 619 g/mol. The third kappa shape index (κ3) is 4.93. The largest absolute Gasteiger partial charge is 0.354 e. The molecule has 0 fully saturated rings. The summed E-state index contributed by atoms with van der Waals surface area (Å²) in [6, 6.07) is 63.4. The smallest absolute Gasteiger partial charge is 0.0532 e. The molecule has 1 aliphatic rings. The summed E-state index contributed by atoms with van der Waals surface area (Å²) in [7, 11) is 0. The molecule has 0 unspecified atom stereocenters. The molecule has 47 heavy (non-hydrogen) atoms. The van der Waals surface area contributed by atoms with E-state index in [1.165, 1.54) is 53.6 Å². The summed E-state index contributed by atoms with van der Waals surface area (Å²) in [6.45, 7) is 0. The van der Waals surface area contributed by atoms with E-state index < -0.39 is 0 Å². The van der Waals surface area contributed by atoms with Crippen LogP contribution in [0.2, 0.25) is 0 Å². The first-order chi connectivity index (χ1) is 23.3. The van der Waals surface area contributed by atoms with Gasteiger partial charge in [-0.15, -0.1) is 0 Å². The van der Waals surface area contributed by atoms with Gasteiger partial charge in [-0.25, -0.2) is 0 Å². The lowest BCUT2D eigenvalue weighted by molar-refractivity contribution is 1.28. The van der Waals surface area contributed by atoms with Crippen LogP contribution in [0.1, 0.15) is 0 Å². The number of para-hydroxylation sites is 2. The summed E-state index contributed by atoms with van der Waals surface area (Å²) in [4.78, 5) is 4.83. The Morgan fingerprint density at radius 3 is 1.87 bits per heavy atom. The molecule has 0 spiro atoms. The quantitative estimate of drug-likeness (QED) is 0.211. The van der Waals surface area contributed by atoms with E-state index in [1.54, 1.807) is 0 Å². The fraction of sp³-hybridized carbons (Fsp3) is 0. The number of hydrogen-bond donors (Lipinski definition) is 1. The fourth-order valence-electron chi connectivity index (χ4n) is 6.80. The molecule has 2 nitrogen and oxygen atoms in total. The number of nitrogens with one attached hydrogen (secondary N) is 1. The van der Waals surface area contributed by atoms with Crippen molar-refractivity contribution in [1.82, 2.24) is 0 Å². The zero-order valence-electron chi connectivity index (χ0n) is 25.6. The Balaban J connectivity index is 1.23. The third-order valence-corrected chi connectivity index (χ3v) is 10.2. The molecule has 0 aromatic heterocycles. The van der Waals surface area contributed by atoms with E-state index in [0.29, 0.717) is 0 Å². The lowest BCUT2D eigenvalue weighted by Crippen LogP contribution is -2.09. The van der Waals surface area contributed by atoms with Gasteiger partial charge in [0, 0.05) is 43.5 Å². The van der Waals surface area contributed by atoms with Crippen LogP contribution in [0.15, 0.2) is 186 Å². The van der Waals surface area contributed by atoms with E-state index in [-0.39, 0.29) is 0 Å². The molecule has 9 rings (SSSR count). The van der Waals surface area contributed by atoms with Crippen LogP contribution in [0.3, 0.4) is 0 Å². The van der Waals surface area contributed by atoms with Gasteiger partial charge in [0.2, 0.25) is 0 Å². The zero-order valence-corrected chi connectivity index (χ0v) is 26.4. The van der Waals surface area contributed by atoms with Gasteiger partial charge in [0.25, 0.3) is 0 Å². The minimum absolute atomic E-state index is 1.10. The highest BCUT2D eigenvalue weighted by Gasteiger charge is 2.20. The molecule has 8 aromatic carbocycles. The highest BCUT2D eigenvalue weighted by atomic mass is 32.2. The SMILES string of the molecule is c1ccc(N(c2ccccc2)c2cccc(-c3ccc4c(c3)-c3cccc5cccc(c35)Sc3c(ccc5ccccc35)N4)c2)cc1. The van der Waals surface area contributed by atoms with Crippen LogP contribution >= 0.6 is 11.8 Å². The van der Waals surface area contributed by atoms with Crippen molar-refractivity contribution in [2.45, 2.75) is 9.79 Å². The van der Waals surface area contributed by atoms with E-state index in [9.17, 15) is 0 Å². The monoisotopic (exact) mass is 618 g/mol. The molecule has 0 atom stereocenters. The normalized spacial score (nSPS) is 11.9. The highest BCUT2D eigenvalue weighted by molar-refractivity contribution is 8.00. The van der Waals surface area contributed by atoms with Gasteiger partial charge in [-0.3, -0.25) is 0 Å². The Bertz CT molecular complexity index is 2370. The molecule has 0 radical (unpaired) electrons. The third-order valence-electron chi connectivity index (χ3n) is 9.00. The van der Waals surface area contributed by atoms with Gasteiger partial charge in [-0.05, 0) is 93.5 Å². The maximum atomic E-state index is 3.88. The first-order valence-corrected chi connectivity index (χ1v) is 16.8. The topological polar surface area (TPSA) is 15.3 Å². The Kier molecular flexibility index (Phi) is 6.76. The molecule has 0 saturated heterocycles. The summed E-state index contributed by atoms with van der Waals surface area (Å²) >= 11 is 1.86. The van der Waals surface area contributed by atoms with Crippen molar-refractivity contribution in [3.05, 3.63) is 176 Å². The number of rotatable bonds is 4. The summed E-state index contributed by atoms with van der Waals surface area (Å²) in [5.41, 5.74) is 10.4. The van der Waals surface area contributed by atoms with Crippen molar-refractivity contribution in [2.24, 2.45) is 0 Å². The number of hydrogen-bond acceptors (Lipinski definition) is 3.